The van der Waals surface area contributed by atoms with Gasteiger partial charge in [-0.25, -0.2) is 4.39 Å². The molecule has 20 heavy (non-hydrogen) atoms. The Kier molecular flexibility index (Phi) is 4.09. The minimum absolute atomic E-state index is 0.285. The normalized spacial score (nSPS) is 13.8. The minimum Gasteiger partial charge on any atom is -0.497 e. The fraction of sp³-hybridized carbons (Fsp3) is 0.294. The van der Waals surface area contributed by atoms with Crippen molar-refractivity contribution >= 4 is 0 Å². The first-order chi connectivity index (χ1) is 9.42. The van der Waals surface area contributed by atoms with E-state index in [4.69, 9.17) is 4.74 Å². The van der Waals surface area contributed by atoms with Crippen LogP contribution in [0.3, 0.4) is 0 Å². The Morgan fingerprint density at radius 1 is 1.20 bits per heavy atom. The molecular weight excluding hydrogens is 255 g/mol. The van der Waals surface area contributed by atoms with Crippen LogP contribution < -0.4 is 4.74 Å². The summed E-state index contributed by atoms with van der Waals surface area (Å²) >= 11 is 0. The van der Waals surface area contributed by atoms with Gasteiger partial charge in [-0.15, -0.1) is 0 Å². The first kappa shape index (κ1) is 14.5. The van der Waals surface area contributed by atoms with Gasteiger partial charge in [-0.1, -0.05) is 18.2 Å². The average molecular weight is 274 g/mol. The van der Waals surface area contributed by atoms with Gasteiger partial charge in [-0.05, 0) is 54.8 Å². The van der Waals surface area contributed by atoms with Crippen LogP contribution in [0, 0.1) is 12.7 Å². The van der Waals surface area contributed by atoms with Crippen molar-refractivity contribution in [2.75, 3.05) is 7.11 Å². The summed E-state index contributed by atoms with van der Waals surface area (Å²) in [6, 6.07) is 11.9. The molecule has 0 aromatic heterocycles. The van der Waals surface area contributed by atoms with Crippen molar-refractivity contribution in [3.63, 3.8) is 0 Å². The molecule has 2 nitrogen and oxygen atoms in total. The summed E-state index contributed by atoms with van der Waals surface area (Å²) in [5.41, 5.74) is 1.44. The second-order valence-corrected chi connectivity index (χ2v) is 5.25. The monoisotopic (exact) mass is 274 g/mol. The molecule has 0 saturated carbocycles. The van der Waals surface area contributed by atoms with Crippen LogP contribution in [0.4, 0.5) is 4.39 Å². The number of hydrogen-bond acceptors (Lipinski definition) is 2. The van der Waals surface area contributed by atoms with Gasteiger partial charge in [0.1, 0.15) is 11.6 Å². The Labute approximate surface area is 118 Å². The molecule has 1 atom stereocenters. The summed E-state index contributed by atoms with van der Waals surface area (Å²) in [5, 5.41) is 10.7. The third-order valence-electron chi connectivity index (χ3n) is 3.54. The Morgan fingerprint density at radius 2 is 1.95 bits per heavy atom. The van der Waals surface area contributed by atoms with E-state index in [0.29, 0.717) is 12.2 Å². The third-order valence-corrected chi connectivity index (χ3v) is 3.54. The van der Waals surface area contributed by atoms with Crippen LogP contribution in [0.15, 0.2) is 42.5 Å². The van der Waals surface area contributed by atoms with Crippen molar-refractivity contribution in [1.82, 2.24) is 0 Å². The van der Waals surface area contributed by atoms with Crippen molar-refractivity contribution in [3.8, 4) is 5.75 Å². The van der Waals surface area contributed by atoms with Gasteiger partial charge in [0.25, 0.3) is 0 Å². The van der Waals surface area contributed by atoms with E-state index in [1.807, 2.05) is 25.1 Å². The molecule has 1 unspecified atom stereocenters. The highest BCUT2D eigenvalue weighted by atomic mass is 19.1. The molecule has 0 saturated heterocycles. The van der Waals surface area contributed by atoms with Gasteiger partial charge in [-0.3, -0.25) is 0 Å². The molecule has 2 aromatic carbocycles. The van der Waals surface area contributed by atoms with E-state index in [-0.39, 0.29) is 5.82 Å². The summed E-state index contributed by atoms with van der Waals surface area (Å²) in [5.74, 6) is 0.408. The zero-order valence-corrected chi connectivity index (χ0v) is 12.0. The van der Waals surface area contributed by atoms with Gasteiger partial charge in [0.2, 0.25) is 0 Å². The molecule has 2 rings (SSSR count). The average Bonchev–Trinajstić information content (AvgIpc) is 2.43. The number of halogens is 1. The summed E-state index contributed by atoms with van der Waals surface area (Å²) in [4.78, 5) is 0. The molecule has 0 aliphatic heterocycles. The van der Waals surface area contributed by atoms with E-state index in [9.17, 15) is 9.50 Å². The van der Waals surface area contributed by atoms with Crippen LogP contribution in [0.5, 0.6) is 5.75 Å². The van der Waals surface area contributed by atoms with E-state index < -0.39 is 5.60 Å². The molecule has 1 N–H and O–H groups in total. The summed E-state index contributed by atoms with van der Waals surface area (Å²) in [7, 11) is 1.59. The van der Waals surface area contributed by atoms with Crippen LogP contribution in [-0.4, -0.2) is 12.2 Å². The zero-order chi connectivity index (χ0) is 14.8. The number of ether oxygens (including phenoxy) is 1. The Bertz CT molecular complexity index is 606. The minimum atomic E-state index is -1.08. The second-order valence-electron chi connectivity index (χ2n) is 5.25. The second kappa shape index (κ2) is 5.63. The zero-order valence-electron chi connectivity index (χ0n) is 12.0. The number of rotatable bonds is 4. The van der Waals surface area contributed by atoms with Gasteiger partial charge in [0.15, 0.2) is 0 Å². The van der Waals surface area contributed by atoms with Gasteiger partial charge >= 0.3 is 0 Å². The number of hydrogen-bond donors (Lipinski definition) is 1. The Hall–Kier alpha value is -1.87. The van der Waals surface area contributed by atoms with Crippen molar-refractivity contribution in [3.05, 3.63) is 65.0 Å². The Balaban J connectivity index is 2.32. The molecule has 3 heteroatoms. The van der Waals surface area contributed by atoms with Gasteiger partial charge in [0, 0.05) is 6.42 Å². The predicted molar refractivity (Wildman–Crippen MR) is 77.4 cm³/mol. The van der Waals surface area contributed by atoms with Crippen LogP contribution in [0.1, 0.15) is 23.6 Å². The highest BCUT2D eigenvalue weighted by Gasteiger charge is 2.25. The molecule has 2 aromatic rings. The maximum absolute atomic E-state index is 13.3. The lowest BCUT2D eigenvalue weighted by molar-refractivity contribution is 0.0571. The maximum Gasteiger partial charge on any atom is 0.123 e. The summed E-state index contributed by atoms with van der Waals surface area (Å²) in [6.45, 7) is 3.64. The molecular formula is C17H19FO2. The van der Waals surface area contributed by atoms with E-state index in [0.717, 1.165) is 16.7 Å². The molecule has 106 valence electrons. The van der Waals surface area contributed by atoms with Crippen LogP contribution in [-0.2, 0) is 12.0 Å². The quantitative estimate of drug-likeness (QED) is 0.923. The van der Waals surface area contributed by atoms with Crippen molar-refractivity contribution < 1.29 is 14.2 Å². The standard InChI is InChI=1S/C17H19FO2/c1-12-7-8-15(18)9-13(12)11-17(2,19)14-5-4-6-16(10-14)20-3/h4-10,19H,11H2,1-3H3. The van der Waals surface area contributed by atoms with E-state index >= 15 is 0 Å². The fourth-order valence-corrected chi connectivity index (χ4v) is 2.26. The Morgan fingerprint density at radius 3 is 2.65 bits per heavy atom. The lowest BCUT2D eigenvalue weighted by Gasteiger charge is -2.25. The first-order valence-corrected chi connectivity index (χ1v) is 6.54. The number of benzene rings is 2. The highest BCUT2D eigenvalue weighted by molar-refractivity contribution is 5.35. The molecule has 0 radical (unpaired) electrons. The lowest BCUT2D eigenvalue weighted by atomic mass is 9.87. The molecule has 0 bridgehead atoms. The molecule has 0 amide bonds. The van der Waals surface area contributed by atoms with E-state index in [1.54, 1.807) is 26.2 Å². The van der Waals surface area contributed by atoms with Gasteiger partial charge in [0.05, 0.1) is 12.7 Å². The summed E-state index contributed by atoms with van der Waals surface area (Å²) in [6.07, 6.45) is 0.351. The number of aryl methyl sites for hydroxylation is 1. The van der Waals surface area contributed by atoms with Crippen LogP contribution in [0.25, 0.3) is 0 Å². The highest BCUT2D eigenvalue weighted by Crippen LogP contribution is 2.29. The van der Waals surface area contributed by atoms with Crippen molar-refractivity contribution in [2.45, 2.75) is 25.9 Å². The molecule has 0 spiro atoms. The third kappa shape index (κ3) is 3.17. The number of methoxy groups -OCH3 is 1. The van der Waals surface area contributed by atoms with Crippen molar-refractivity contribution in [1.29, 1.82) is 0 Å². The SMILES string of the molecule is COc1cccc(C(C)(O)Cc2cc(F)ccc2C)c1. The smallest absolute Gasteiger partial charge is 0.123 e. The van der Waals surface area contributed by atoms with Gasteiger partial charge in [-0.2, -0.15) is 0 Å². The predicted octanol–water partition coefficient (Wildman–Crippen LogP) is 3.59. The molecule has 0 aliphatic carbocycles. The number of aliphatic hydroxyl groups is 1. The largest absolute Gasteiger partial charge is 0.497 e. The van der Waals surface area contributed by atoms with Crippen molar-refractivity contribution in [2.24, 2.45) is 0 Å². The van der Waals surface area contributed by atoms with Crippen LogP contribution >= 0.6 is 0 Å². The maximum atomic E-state index is 13.3. The van der Waals surface area contributed by atoms with E-state index in [2.05, 4.69) is 0 Å². The van der Waals surface area contributed by atoms with E-state index in [1.165, 1.54) is 12.1 Å². The molecule has 0 aliphatic rings. The molecule has 0 fully saturated rings. The summed E-state index contributed by atoms with van der Waals surface area (Å²) < 4.78 is 18.5. The molecule has 0 heterocycles. The van der Waals surface area contributed by atoms with Crippen LogP contribution in [0.2, 0.25) is 0 Å². The van der Waals surface area contributed by atoms with Gasteiger partial charge < -0.3 is 9.84 Å². The topological polar surface area (TPSA) is 29.5 Å². The lowest BCUT2D eigenvalue weighted by Crippen LogP contribution is -2.24. The fourth-order valence-electron chi connectivity index (χ4n) is 2.26. The first-order valence-electron chi connectivity index (χ1n) is 6.54.